The molecule has 0 fully saturated rings. The van der Waals surface area contributed by atoms with Gasteiger partial charge in [0, 0.05) is 22.1 Å². The van der Waals surface area contributed by atoms with Crippen molar-refractivity contribution in [2.45, 2.75) is 52.4 Å². The molecule has 0 aliphatic carbocycles. The maximum atomic E-state index is 4.86. The molecule has 0 saturated carbocycles. The number of aromatic nitrogens is 2. The molecule has 0 aliphatic rings. The van der Waals surface area contributed by atoms with E-state index in [0.717, 1.165) is 11.4 Å². The molecule has 0 saturated heterocycles. The number of rotatable bonds is 1. The number of nitrogens with one attached hydrogen (secondary N) is 1. The number of hydrogen-bond acceptors (Lipinski definition) is 1. The number of aromatic amines is 1. The highest BCUT2D eigenvalue weighted by atomic mass is 15.0. The van der Waals surface area contributed by atoms with Gasteiger partial charge in [-0.05, 0) is 0 Å². The van der Waals surface area contributed by atoms with E-state index in [1.165, 1.54) is 11.4 Å². The van der Waals surface area contributed by atoms with Crippen LogP contribution in [0.4, 0.5) is 0 Å². The summed E-state index contributed by atoms with van der Waals surface area (Å²) >= 11 is 0. The van der Waals surface area contributed by atoms with Gasteiger partial charge in [0.2, 0.25) is 0 Å². The Bertz CT molecular complexity index is 520. The van der Waals surface area contributed by atoms with Crippen LogP contribution in [0, 0.1) is 0 Å². The fourth-order valence-electron chi connectivity index (χ4n) is 2.19. The maximum absolute atomic E-state index is 4.86. The van der Waals surface area contributed by atoms with Crippen molar-refractivity contribution in [3.05, 3.63) is 41.7 Å². The van der Waals surface area contributed by atoms with Gasteiger partial charge in [-0.3, -0.25) is 0 Å². The Morgan fingerprint density at radius 3 is 1.84 bits per heavy atom. The second kappa shape index (κ2) is 4.52. The smallest absolute Gasteiger partial charge is 0.137 e. The predicted octanol–water partition coefficient (Wildman–Crippen LogP) is 4.67. The third-order valence-electron chi connectivity index (χ3n) is 3.21. The zero-order valence-corrected chi connectivity index (χ0v) is 12.8. The Morgan fingerprint density at radius 1 is 0.842 bits per heavy atom. The van der Waals surface area contributed by atoms with E-state index in [1.807, 2.05) is 18.2 Å². The van der Waals surface area contributed by atoms with E-state index in [1.54, 1.807) is 0 Å². The molecule has 0 bridgehead atoms. The van der Waals surface area contributed by atoms with Gasteiger partial charge in [-0.1, -0.05) is 71.9 Å². The van der Waals surface area contributed by atoms with E-state index < -0.39 is 0 Å². The van der Waals surface area contributed by atoms with Gasteiger partial charge in [0.05, 0.1) is 5.69 Å². The number of hydrogen-bond donors (Lipinski definition) is 1. The van der Waals surface area contributed by atoms with Crippen molar-refractivity contribution in [1.82, 2.24) is 9.97 Å². The van der Waals surface area contributed by atoms with Crippen LogP contribution < -0.4 is 0 Å². The molecule has 0 aliphatic heterocycles. The van der Waals surface area contributed by atoms with E-state index in [-0.39, 0.29) is 10.8 Å². The molecule has 2 heteroatoms. The van der Waals surface area contributed by atoms with Crippen molar-refractivity contribution in [2.24, 2.45) is 0 Å². The summed E-state index contributed by atoms with van der Waals surface area (Å²) < 4.78 is 0. The summed E-state index contributed by atoms with van der Waals surface area (Å²) in [6.45, 7) is 13.3. The molecular weight excluding hydrogens is 232 g/mol. The van der Waals surface area contributed by atoms with E-state index in [9.17, 15) is 0 Å². The van der Waals surface area contributed by atoms with Crippen LogP contribution in [0.1, 0.15) is 52.9 Å². The lowest BCUT2D eigenvalue weighted by Gasteiger charge is -2.24. The van der Waals surface area contributed by atoms with Crippen LogP contribution in [0.2, 0.25) is 0 Å². The first-order valence-electron chi connectivity index (χ1n) is 6.86. The molecule has 2 rings (SSSR count). The lowest BCUT2D eigenvalue weighted by atomic mass is 9.82. The van der Waals surface area contributed by atoms with Crippen LogP contribution in [-0.4, -0.2) is 9.97 Å². The third kappa shape index (κ3) is 2.89. The molecule has 2 nitrogen and oxygen atoms in total. The molecule has 1 heterocycles. The van der Waals surface area contributed by atoms with Crippen LogP contribution >= 0.6 is 0 Å². The normalized spacial score (nSPS) is 12.7. The molecule has 2 aromatic rings. The van der Waals surface area contributed by atoms with Crippen molar-refractivity contribution in [1.29, 1.82) is 0 Å². The lowest BCUT2D eigenvalue weighted by molar-refractivity contribution is 0.512. The van der Waals surface area contributed by atoms with Gasteiger partial charge < -0.3 is 4.98 Å². The Balaban J connectivity index is 2.59. The first-order valence-corrected chi connectivity index (χ1v) is 6.86. The Labute approximate surface area is 116 Å². The average Bonchev–Trinajstić information content (AvgIpc) is 2.74. The summed E-state index contributed by atoms with van der Waals surface area (Å²) in [5, 5.41) is 0. The standard InChI is InChI=1S/C17H24N2/c1-16(2,3)13-14(17(4,5)6)19-15(18-13)12-10-8-7-9-11-12/h7-11H,1-6H3,(H,18,19). The van der Waals surface area contributed by atoms with Crippen LogP contribution in [0.5, 0.6) is 0 Å². The van der Waals surface area contributed by atoms with E-state index in [4.69, 9.17) is 4.98 Å². The fourth-order valence-corrected chi connectivity index (χ4v) is 2.19. The van der Waals surface area contributed by atoms with Gasteiger partial charge in [0.25, 0.3) is 0 Å². The van der Waals surface area contributed by atoms with Crippen LogP contribution in [-0.2, 0) is 10.8 Å². The van der Waals surface area contributed by atoms with Gasteiger partial charge in [0.1, 0.15) is 5.82 Å². The maximum Gasteiger partial charge on any atom is 0.137 e. The largest absolute Gasteiger partial charge is 0.341 e. The highest BCUT2D eigenvalue weighted by Crippen LogP contribution is 2.34. The summed E-state index contributed by atoms with van der Waals surface area (Å²) in [7, 11) is 0. The Kier molecular flexibility index (Phi) is 3.29. The summed E-state index contributed by atoms with van der Waals surface area (Å²) in [6.07, 6.45) is 0. The van der Waals surface area contributed by atoms with Gasteiger partial charge in [-0.2, -0.15) is 0 Å². The molecule has 1 aromatic carbocycles. The van der Waals surface area contributed by atoms with Gasteiger partial charge in [-0.25, -0.2) is 4.98 Å². The van der Waals surface area contributed by atoms with Crippen molar-refractivity contribution >= 4 is 0 Å². The summed E-state index contributed by atoms with van der Waals surface area (Å²) in [6, 6.07) is 10.3. The Morgan fingerprint density at radius 2 is 1.42 bits per heavy atom. The summed E-state index contributed by atoms with van der Waals surface area (Å²) in [4.78, 5) is 8.40. The molecule has 0 amide bonds. The summed E-state index contributed by atoms with van der Waals surface area (Å²) in [5.41, 5.74) is 3.66. The molecule has 1 N–H and O–H groups in total. The zero-order chi connectivity index (χ0) is 14.3. The fraction of sp³-hybridized carbons (Fsp3) is 0.471. The average molecular weight is 256 g/mol. The van der Waals surface area contributed by atoms with E-state index in [0.29, 0.717) is 0 Å². The van der Waals surface area contributed by atoms with Crippen molar-refractivity contribution in [2.75, 3.05) is 0 Å². The Hall–Kier alpha value is -1.57. The molecule has 1 aromatic heterocycles. The van der Waals surface area contributed by atoms with Gasteiger partial charge in [0.15, 0.2) is 0 Å². The zero-order valence-electron chi connectivity index (χ0n) is 12.8. The van der Waals surface area contributed by atoms with Gasteiger partial charge in [-0.15, -0.1) is 0 Å². The minimum absolute atomic E-state index is 0.0478. The number of benzene rings is 1. The summed E-state index contributed by atoms with van der Waals surface area (Å²) in [5.74, 6) is 0.968. The minimum atomic E-state index is 0.0478. The van der Waals surface area contributed by atoms with E-state index in [2.05, 4.69) is 58.7 Å². The second-order valence-corrected chi connectivity index (χ2v) is 7.18. The highest BCUT2D eigenvalue weighted by Gasteiger charge is 2.29. The molecule has 0 atom stereocenters. The second-order valence-electron chi connectivity index (χ2n) is 7.18. The van der Waals surface area contributed by atoms with Crippen molar-refractivity contribution in [3.8, 4) is 11.4 Å². The number of imidazole rings is 1. The van der Waals surface area contributed by atoms with Crippen molar-refractivity contribution in [3.63, 3.8) is 0 Å². The van der Waals surface area contributed by atoms with Crippen LogP contribution in [0.15, 0.2) is 30.3 Å². The molecule has 102 valence electrons. The number of H-pyrrole nitrogens is 1. The molecule has 0 spiro atoms. The third-order valence-corrected chi connectivity index (χ3v) is 3.21. The highest BCUT2D eigenvalue weighted by molar-refractivity contribution is 5.56. The van der Waals surface area contributed by atoms with Crippen LogP contribution in [0.3, 0.4) is 0 Å². The topological polar surface area (TPSA) is 28.7 Å². The van der Waals surface area contributed by atoms with Crippen LogP contribution in [0.25, 0.3) is 11.4 Å². The quantitative estimate of drug-likeness (QED) is 0.789. The lowest BCUT2D eigenvalue weighted by Crippen LogP contribution is -2.21. The predicted molar refractivity (Wildman–Crippen MR) is 81.4 cm³/mol. The first kappa shape index (κ1) is 13.9. The van der Waals surface area contributed by atoms with Gasteiger partial charge >= 0.3 is 0 Å². The first-order chi connectivity index (χ1) is 8.69. The molecule has 0 unspecified atom stereocenters. The molecule has 0 radical (unpaired) electrons. The number of nitrogens with zero attached hydrogens (tertiary/aromatic N) is 1. The monoisotopic (exact) mass is 256 g/mol. The van der Waals surface area contributed by atoms with E-state index >= 15 is 0 Å². The minimum Gasteiger partial charge on any atom is -0.341 e. The SMILES string of the molecule is CC(C)(C)c1nc(-c2ccccc2)[nH]c1C(C)(C)C. The molecular formula is C17H24N2. The van der Waals surface area contributed by atoms with Crippen molar-refractivity contribution < 1.29 is 0 Å². The molecule has 19 heavy (non-hydrogen) atoms.